The minimum absolute atomic E-state index is 0.0843. The van der Waals surface area contributed by atoms with Gasteiger partial charge in [-0.3, -0.25) is 19.8 Å². The van der Waals surface area contributed by atoms with Gasteiger partial charge >= 0.3 is 0 Å². The predicted octanol–water partition coefficient (Wildman–Crippen LogP) is 4.59. The first kappa shape index (κ1) is 19.3. The topological polar surface area (TPSA) is 75.5 Å². The van der Waals surface area contributed by atoms with Gasteiger partial charge in [0.15, 0.2) is 0 Å². The number of nitrogens with one attached hydrogen (secondary N) is 1. The maximum atomic E-state index is 11.4. The molecule has 0 aromatic heterocycles. The molecule has 0 spiro atoms. The number of nitro benzene ring substituents is 1. The summed E-state index contributed by atoms with van der Waals surface area (Å²) in [5.41, 5.74) is 2.15. The number of amides is 1. The van der Waals surface area contributed by atoms with E-state index in [4.69, 9.17) is 11.6 Å². The Morgan fingerprint density at radius 2 is 1.89 bits per heavy atom. The van der Waals surface area contributed by atoms with E-state index in [9.17, 15) is 14.9 Å². The Bertz CT molecular complexity index is 833. The molecule has 1 amide bonds. The predicted molar refractivity (Wildman–Crippen MR) is 106 cm³/mol. The smallest absolute Gasteiger partial charge is 0.293 e. The van der Waals surface area contributed by atoms with E-state index in [0.29, 0.717) is 11.4 Å². The van der Waals surface area contributed by atoms with E-state index in [1.54, 1.807) is 12.1 Å². The molecule has 1 N–H and O–H groups in total. The highest BCUT2D eigenvalue weighted by atomic mass is 35.5. The largest absolute Gasteiger partial charge is 0.321 e. The molecule has 6 nitrogen and oxygen atoms in total. The van der Waals surface area contributed by atoms with E-state index in [-0.39, 0.29) is 23.3 Å². The Hall–Kier alpha value is -2.44. The summed E-state index contributed by atoms with van der Waals surface area (Å²) < 4.78 is 0. The Labute approximate surface area is 163 Å². The summed E-state index contributed by atoms with van der Waals surface area (Å²) in [6, 6.07) is 12.9. The van der Waals surface area contributed by atoms with Gasteiger partial charge in [-0.15, -0.1) is 0 Å². The van der Waals surface area contributed by atoms with E-state index >= 15 is 0 Å². The summed E-state index contributed by atoms with van der Waals surface area (Å²) in [4.78, 5) is 24.7. The Morgan fingerprint density at radius 1 is 1.22 bits per heavy atom. The molecule has 1 fully saturated rings. The number of hydrogen-bond acceptors (Lipinski definition) is 4. The molecule has 0 saturated carbocycles. The van der Waals surface area contributed by atoms with Crippen LogP contribution in [0, 0.1) is 10.1 Å². The second kappa shape index (κ2) is 8.50. The molecule has 7 heteroatoms. The quantitative estimate of drug-likeness (QED) is 0.581. The fourth-order valence-electron chi connectivity index (χ4n) is 3.57. The standard InChI is InChI=1S/C20H22ClN3O3/c1-14(25)22-18-9-4-15(13-20(18)24(26)27)12-19(23-10-2-3-11-23)16-5-7-17(21)8-6-16/h4-9,13,19H,2-3,10-12H2,1H3,(H,22,25). The lowest BCUT2D eigenvalue weighted by Crippen LogP contribution is -2.27. The van der Waals surface area contributed by atoms with Crippen molar-refractivity contribution < 1.29 is 9.72 Å². The lowest BCUT2D eigenvalue weighted by atomic mass is 9.97. The van der Waals surface area contributed by atoms with Gasteiger partial charge in [0.1, 0.15) is 5.69 Å². The van der Waals surface area contributed by atoms with Gasteiger partial charge in [0, 0.05) is 24.1 Å². The summed E-state index contributed by atoms with van der Waals surface area (Å²) in [5, 5.41) is 14.6. The highest BCUT2D eigenvalue weighted by Gasteiger charge is 2.25. The zero-order chi connectivity index (χ0) is 19.4. The maximum Gasteiger partial charge on any atom is 0.293 e. The Morgan fingerprint density at radius 3 is 2.48 bits per heavy atom. The molecule has 1 heterocycles. The molecule has 1 saturated heterocycles. The lowest BCUT2D eigenvalue weighted by molar-refractivity contribution is -0.384. The average molecular weight is 388 g/mol. The van der Waals surface area contributed by atoms with Crippen LogP contribution in [-0.2, 0) is 11.2 Å². The maximum absolute atomic E-state index is 11.4. The number of nitro groups is 1. The van der Waals surface area contributed by atoms with Crippen LogP contribution in [0.15, 0.2) is 42.5 Å². The zero-order valence-corrected chi connectivity index (χ0v) is 15.9. The van der Waals surface area contributed by atoms with Crippen molar-refractivity contribution in [3.8, 4) is 0 Å². The van der Waals surface area contributed by atoms with Crippen molar-refractivity contribution in [2.24, 2.45) is 0 Å². The number of hydrogen-bond donors (Lipinski definition) is 1. The molecule has 142 valence electrons. The van der Waals surface area contributed by atoms with E-state index in [1.807, 2.05) is 30.3 Å². The van der Waals surface area contributed by atoms with Crippen molar-refractivity contribution in [2.75, 3.05) is 18.4 Å². The van der Waals surface area contributed by atoms with Crippen LogP contribution in [0.3, 0.4) is 0 Å². The van der Waals surface area contributed by atoms with Gasteiger partial charge in [0.05, 0.1) is 4.92 Å². The second-order valence-electron chi connectivity index (χ2n) is 6.80. The average Bonchev–Trinajstić information content (AvgIpc) is 3.15. The van der Waals surface area contributed by atoms with Gasteiger partial charge in [0.2, 0.25) is 5.91 Å². The number of rotatable bonds is 6. The lowest BCUT2D eigenvalue weighted by Gasteiger charge is -2.28. The number of nitrogens with zero attached hydrogens (tertiary/aromatic N) is 2. The summed E-state index contributed by atoms with van der Waals surface area (Å²) in [6.07, 6.45) is 2.97. The van der Waals surface area contributed by atoms with Crippen molar-refractivity contribution in [1.29, 1.82) is 0 Å². The Kier molecular flexibility index (Phi) is 6.08. The third kappa shape index (κ3) is 4.84. The number of anilines is 1. The first-order valence-corrected chi connectivity index (χ1v) is 9.36. The molecule has 1 aliphatic rings. The summed E-state index contributed by atoms with van der Waals surface area (Å²) >= 11 is 6.03. The number of benzene rings is 2. The number of carbonyl (C=O) groups excluding carboxylic acids is 1. The first-order valence-electron chi connectivity index (χ1n) is 8.98. The third-order valence-corrected chi connectivity index (χ3v) is 5.09. The third-order valence-electron chi connectivity index (χ3n) is 4.83. The monoisotopic (exact) mass is 387 g/mol. The zero-order valence-electron chi connectivity index (χ0n) is 15.2. The van der Waals surface area contributed by atoms with Crippen LogP contribution in [0.4, 0.5) is 11.4 Å². The van der Waals surface area contributed by atoms with Crippen molar-refractivity contribution in [3.05, 3.63) is 68.7 Å². The number of halogens is 1. The number of likely N-dealkylation sites (tertiary alicyclic amines) is 1. The van der Waals surface area contributed by atoms with E-state index in [0.717, 1.165) is 37.1 Å². The van der Waals surface area contributed by atoms with Crippen molar-refractivity contribution in [1.82, 2.24) is 4.90 Å². The first-order chi connectivity index (χ1) is 12.9. The van der Waals surface area contributed by atoms with Crippen molar-refractivity contribution in [2.45, 2.75) is 32.2 Å². The molecule has 1 unspecified atom stereocenters. The van der Waals surface area contributed by atoms with Gasteiger partial charge in [-0.05, 0) is 61.7 Å². The van der Waals surface area contributed by atoms with Crippen LogP contribution in [0.1, 0.15) is 36.9 Å². The van der Waals surface area contributed by atoms with Crippen LogP contribution in [0.25, 0.3) is 0 Å². The van der Waals surface area contributed by atoms with E-state index in [1.165, 1.54) is 6.92 Å². The van der Waals surface area contributed by atoms with Crippen LogP contribution in [-0.4, -0.2) is 28.8 Å². The molecular weight excluding hydrogens is 366 g/mol. The molecule has 3 rings (SSSR count). The van der Waals surface area contributed by atoms with E-state index in [2.05, 4.69) is 10.2 Å². The SMILES string of the molecule is CC(=O)Nc1ccc(CC(c2ccc(Cl)cc2)N2CCCC2)cc1[N+](=O)[O-]. The summed E-state index contributed by atoms with van der Waals surface area (Å²) in [7, 11) is 0. The Balaban J connectivity index is 1.90. The van der Waals surface area contributed by atoms with Gasteiger partial charge in [-0.1, -0.05) is 29.8 Å². The van der Waals surface area contributed by atoms with E-state index < -0.39 is 4.92 Å². The van der Waals surface area contributed by atoms with Crippen molar-refractivity contribution in [3.63, 3.8) is 0 Å². The van der Waals surface area contributed by atoms with Crippen LogP contribution < -0.4 is 5.32 Å². The van der Waals surface area contributed by atoms with Crippen molar-refractivity contribution >= 4 is 28.9 Å². The van der Waals surface area contributed by atoms with Gasteiger partial charge in [-0.25, -0.2) is 0 Å². The minimum atomic E-state index is -0.456. The van der Waals surface area contributed by atoms with Gasteiger partial charge in [-0.2, -0.15) is 0 Å². The highest BCUT2D eigenvalue weighted by Crippen LogP contribution is 2.32. The molecule has 0 radical (unpaired) electrons. The fraction of sp³-hybridized carbons (Fsp3) is 0.350. The highest BCUT2D eigenvalue weighted by molar-refractivity contribution is 6.30. The minimum Gasteiger partial charge on any atom is -0.321 e. The van der Waals surface area contributed by atoms with Gasteiger partial charge < -0.3 is 5.32 Å². The second-order valence-corrected chi connectivity index (χ2v) is 7.24. The molecule has 0 aliphatic carbocycles. The fourth-order valence-corrected chi connectivity index (χ4v) is 3.70. The molecular formula is C20H22ClN3O3. The molecule has 1 aliphatic heterocycles. The van der Waals surface area contributed by atoms with Crippen LogP contribution >= 0.6 is 11.6 Å². The normalized spacial score (nSPS) is 15.5. The summed E-state index contributed by atoms with van der Waals surface area (Å²) in [6.45, 7) is 3.36. The van der Waals surface area contributed by atoms with Gasteiger partial charge in [0.25, 0.3) is 5.69 Å². The molecule has 27 heavy (non-hydrogen) atoms. The molecule has 0 bridgehead atoms. The molecule has 2 aromatic rings. The summed E-state index contributed by atoms with van der Waals surface area (Å²) in [5.74, 6) is -0.332. The molecule has 2 aromatic carbocycles. The molecule has 1 atom stereocenters. The van der Waals surface area contributed by atoms with Crippen LogP contribution in [0.2, 0.25) is 5.02 Å². The number of carbonyl (C=O) groups is 1. The van der Waals surface area contributed by atoms with Crippen LogP contribution in [0.5, 0.6) is 0 Å².